The average molecular weight is 346 g/mol. The van der Waals surface area contributed by atoms with Gasteiger partial charge in [0.2, 0.25) is 5.91 Å². The van der Waals surface area contributed by atoms with E-state index in [1.165, 1.54) is 15.8 Å². The topological polar surface area (TPSA) is 32.3 Å². The average Bonchev–Trinajstić information content (AvgIpc) is 3.17. The predicted octanol–water partition coefficient (Wildman–Crippen LogP) is 4.67. The number of rotatable bonds is 4. The first kappa shape index (κ1) is 17.1. The van der Waals surface area contributed by atoms with E-state index in [1.54, 1.807) is 23.5 Å². The standard InChI is InChI=1S/C19H23FN2OS/c1-12-6-8-16(15(20)11-12)21-19(23)14(3)22-10-4-5-17(22)18-9-7-13(2)24-18/h6-9,11,14,17H,4-5,10H2,1-3H3,(H,21,23). The number of anilines is 1. The van der Waals surface area contributed by atoms with Gasteiger partial charge < -0.3 is 5.32 Å². The number of halogens is 1. The van der Waals surface area contributed by atoms with Gasteiger partial charge in [0.15, 0.2) is 0 Å². The van der Waals surface area contributed by atoms with Gasteiger partial charge >= 0.3 is 0 Å². The normalized spacial score (nSPS) is 19.4. The first-order chi connectivity index (χ1) is 11.5. The van der Waals surface area contributed by atoms with Gasteiger partial charge in [0.1, 0.15) is 5.82 Å². The lowest BCUT2D eigenvalue weighted by molar-refractivity contribution is -0.121. The number of likely N-dealkylation sites (tertiary alicyclic amines) is 1. The molecule has 0 aliphatic carbocycles. The number of carbonyl (C=O) groups excluding carboxylic acids is 1. The van der Waals surface area contributed by atoms with Crippen LogP contribution in [-0.4, -0.2) is 23.4 Å². The number of aryl methyl sites for hydroxylation is 2. The van der Waals surface area contributed by atoms with E-state index in [0.717, 1.165) is 24.9 Å². The molecule has 3 rings (SSSR count). The van der Waals surface area contributed by atoms with E-state index in [9.17, 15) is 9.18 Å². The Labute approximate surface area is 146 Å². The summed E-state index contributed by atoms with van der Waals surface area (Å²) in [6.45, 7) is 6.73. The largest absolute Gasteiger partial charge is 0.322 e. The lowest BCUT2D eigenvalue weighted by atomic mass is 10.1. The minimum Gasteiger partial charge on any atom is -0.322 e. The van der Waals surface area contributed by atoms with E-state index in [-0.39, 0.29) is 29.5 Å². The molecule has 1 aliphatic heterocycles. The van der Waals surface area contributed by atoms with Crippen molar-refractivity contribution in [3.8, 4) is 0 Å². The number of amides is 1. The second kappa shape index (κ2) is 7.03. The van der Waals surface area contributed by atoms with Gasteiger partial charge in [-0.25, -0.2) is 4.39 Å². The van der Waals surface area contributed by atoms with Crippen LogP contribution in [0.2, 0.25) is 0 Å². The smallest absolute Gasteiger partial charge is 0.241 e. The molecular formula is C19H23FN2OS. The summed E-state index contributed by atoms with van der Waals surface area (Å²) in [4.78, 5) is 17.4. The molecule has 1 amide bonds. The van der Waals surface area contributed by atoms with Crippen molar-refractivity contribution in [2.75, 3.05) is 11.9 Å². The number of carbonyl (C=O) groups is 1. The fourth-order valence-corrected chi connectivity index (χ4v) is 4.33. The fourth-order valence-electron chi connectivity index (χ4n) is 3.30. The lowest BCUT2D eigenvalue weighted by Gasteiger charge is -2.29. The SMILES string of the molecule is Cc1ccc(NC(=O)C(C)N2CCCC2c2ccc(C)s2)c(F)c1. The molecule has 0 saturated carbocycles. The maximum absolute atomic E-state index is 14.0. The number of nitrogens with one attached hydrogen (secondary N) is 1. The van der Waals surface area contributed by atoms with Crippen LogP contribution in [0.1, 0.15) is 41.1 Å². The third kappa shape index (κ3) is 3.52. The summed E-state index contributed by atoms with van der Waals surface area (Å²) >= 11 is 1.79. The van der Waals surface area contributed by atoms with Crippen LogP contribution in [0, 0.1) is 19.7 Å². The molecular weight excluding hydrogens is 323 g/mol. The van der Waals surface area contributed by atoms with Crippen LogP contribution in [0.3, 0.4) is 0 Å². The molecule has 0 bridgehead atoms. The van der Waals surface area contributed by atoms with Crippen LogP contribution < -0.4 is 5.32 Å². The van der Waals surface area contributed by atoms with Crippen molar-refractivity contribution in [2.24, 2.45) is 0 Å². The van der Waals surface area contributed by atoms with Gasteiger partial charge in [0.25, 0.3) is 0 Å². The molecule has 1 aliphatic rings. The van der Waals surface area contributed by atoms with E-state index in [2.05, 4.69) is 29.3 Å². The van der Waals surface area contributed by atoms with Crippen molar-refractivity contribution >= 4 is 22.9 Å². The number of thiophene rings is 1. The minimum atomic E-state index is -0.387. The third-order valence-corrected chi connectivity index (χ3v) is 5.75. The minimum absolute atomic E-state index is 0.155. The second-order valence-electron chi connectivity index (χ2n) is 6.49. The van der Waals surface area contributed by atoms with Gasteiger partial charge in [-0.05, 0) is 70.0 Å². The molecule has 2 heterocycles. The summed E-state index contributed by atoms with van der Waals surface area (Å²) in [5.41, 5.74) is 1.09. The zero-order valence-corrected chi connectivity index (χ0v) is 15.1. The molecule has 1 fully saturated rings. The van der Waals surface area contributed by atoms with Crippen molar-refractivity contribution in [3.05, 3.63) is 51.5 Å². The number of benzene rings is 1. The van der Waals surface area contributed by atoms with Crippen molar-refractivity contribution in [1.29, 1.82) is 0 Å². The van der Waals surface area contributed by atoms with Gasteiger partial charge in [-0.2, -0.15) is 0 Å². The highest BCUT2D eigenvalue weighted by Gasteiger charge is 2.33. The summed E-state index contributed by atoms with van der Waals surface area (Å²) in [5.74, 6) is -0.541. The Morgan fingerprint density at radius 3 is 2.79 bits per heavy atom. The molecule has 24 heavy (non-hydrogen) atoms. The highest BCUT2D eigenvalue weighted by Crippen LogP contribution is 2.37. The number of hydrogen-bond donors (Lipinski definition) is 1. The van der Waals surface area contributed by atoms with Crippen LogP contribution in [0.4, 0.5) is 10.1 Å². The van der Waals surface area contributed by atoms with Gasteiger partial charge in [-0.1, -0.05) is 6.07 Å². The van der Waals surface area contributed by atoms with Crippen molar-refractivity contribution in [3.63, 3.8) is 0 Å². The van der Waals surface area contributed by atoms with Crippen LogP contribution in [-0.2, 0) is 4.79 Å². The maximum Gasteiger partial charge on any atom is 0.241 e. The summed E-state index contributed by atoms with van der Waals surface area (Å²) in [6, 6.07) is 9.15. The van der Waals surface area contributed by atoms with E-state index >= 15 is 0 Å². The molecule has 3 nitrogen and oxygen atoms in total. The molecule has 2 atom stereocenters. The Hall–Kier alpha value is -1.72. The molecule has 2 unspecified atom stereocenters. The molecule has 1 saturated heterocycles. The number of hydrogen-bond acceptors (Lipinski definition) is 3. The molecule has 1 aromatic heterocycles. The van der Waals surface area contributed by atoms with E-state index < -0.39 is 0 Å². The molecule has 128 valence electrons. The molecule has 1 N–H and O–H groups in total. The van der Waals surface area contributed by atoms with Gasteiger partial charge in [0, 0.05) is 15.8 Å². The maximum atomic E-state index is 14.0. The molecule has 0 spiro atoms. The Bertz CT molecular complexity index is 743. The fraction of sp³-hybridized carbons (Fsp3) is 0.421. The van der Waals surface area contributed by atoms with Gasteiger partial charge in [0.05, 0.1) is 11.7 Å². The predicted molar refractivity (Wildman–Crippen MR) is 97.0 cm³/mol. The second-order valence-corrected chi connectivity index (χ2v) is 7.81. The van der Waals surface area contributed by atoms with E-state index in [1.807, 2.05) is 13.8 Å². The van der Waals surface area contributed by atoms with Crippen LogP contribution in [0.15, 0.2) is 30.3 Å². The van der Waals surface area contributed by atoms with Crippen molar-refractivity contribution in [2.45, 2.75) is 45.7 Å². The van der Waals surface area contributed by atoms with Crippen LogP contribution >= 0.6 is 11.3 Å². The zero-order chi connectivity index (χ0) is 17.3. The first-order valence-corrected chi connectivity index (χ1v) is 9.16. The summed E-state index contributed by atoms with van der Waals surface area (Å²) in [7, 11) is 0. The summed E-state index contributed by atoms with van der Waals surface area (Å²) in [5, 5.41) is 2.74. The molecule has 0 radical (unpaired) electrons. The molecule has 1 aromatic carbocycles. The Morgan fingerprint density at radius 1 is 1.33 bits per heavy atom. The van der Waals surface area contributed by atoms with Crippen LogP contribution in [0.5, 0.6) is 0 Å². The van der Waals surface area contributed by atoms with Crippen molar-refractivity contribution < 1.29 is 9.18 Å². The zero-order valence-electron chi connectivity index (χ0n) is 14.3. The quantitative estimate of drug-likeness (QED) is 0.873. The monoisotopic (exact) mass is 346 g/mol. The van der Waals surface area contributed by atoms with Crippen LogP contribution in [0.25, 0.3) is 0 Å². The summed E-state index contributed by atoms with van der Waals surface area (Å²) in [6.07, 6.45) is 2.15. The Kier molecular flexibility index (Phi) is 5.01. The highest BCUT2D eigenvalue weighted by molar-refractivity contribution is 7.12. The van der Waals surface area contributed by atoms with Gasteiger partial charge in [-0.15, -0.1) is 11.3 Å². The molecule has 5 heteroatoms. The van der Waals surface area contributed by atoms with E-state index in [0.29, 0.717) is 0 Å². The van der Waals surface area contributed by atoms with E-state index in [4.69, 9.17) is 0 Å². The lowest BCUT2D eigenvalue weighted by Crippen LogP contribution is -2.41. The Morgan fingerprint density at radius 2 is 2.12 bits per heavy atom. The highest BCUT2D eigenvalue weighted by atomic mass is 32.1. The Balaban J connectivity index is 1.72. The number of nitrogens with zero attached hydrogens (tertiary/aromatic N) is 1. The van der Waals surface area contributed by atoms with Gasteiger partial charge in [-0.3, -0.25) is 9.69 Å². The van der Waals surface area contributed by atoms with Crippen molar-refractivity contribution in [1.82, 2.24) is 4.90 Å². The summed E-state index contributed by atoms with van der Waals surface area (Å²) < 4.78 is 14.0. The third-order valence-electron chi connectivity index (χ3n) is 4.64. The molecule has 2 aromatic rings. The first-order valence-electron chi connectivity index (χ1n) is 8.35.